The SMILES string of the molecule is CCOc1c(F)c(I)cc2sccc12. The van der Waals surface area contributed by atoms with E-state index in [1.54, 1.807) is 11.3 Å². The summed E-state index contributed by atoms with van der Waals surface area (Å²) in [5.74, 6) is 0.133. The molecule has 1 aromatic heterocycles. The molecule has 1 aromatic carbocycles. The van der Waals surface area contributed by atoms with Crippen LogP contribution in [0.25, 0.3) is 10.1 Å². The number of rotatable bonds is 2. The predicted molar refractivity (Wildman–Crippen MR) is 65.7 cm³/mol. The van der Waals surface area contributed by atoms with E-state index in [0.29, 0.717) is 15.9 Å². The number of hydrogen-bond donors (Lipinski definition) is 0. The van der Waals surface area contributed by atoms with Crippen molar-refractivity contribution in [2.75, 3.05) is 6.61 Å². The summed E-state index contributed by atoms with van der Waals surface area (Å²) in [6, 6.07) is 3.74. The van der Waals surface area contributed by atoms with E-state index in [9.17, 15) is 4.39 Å². The number of hydrogen-bond acceptors (Lipinski definition) is 2. The Hall–Kier alpha value is -0.360. The molecule has 2 rings (SSSR count). The fraction of sp³-hybridized carbons (Fsp3) is 0.200. The Kier molecular flexibility index (Phi) is 2.92. The van der Waals surface area contributed by atoms with Gasteiger partial charge in [0.05, 0.1) is 10.2 Å². The minimum Gasteiger partial charge on any atom is -0.490 e. The van der Waals surface area contributed by atoms with Crippen LogP contribution in [0.15, 0.2) is 17.5 Å². The predicted octanol–water partition coefficient (Wildman–Crippen LogP) is 4.04. The van der Waals surface area contributed by atoms with E-state index in [4.69, 9.17) is 4.74 Å². The van der Waals surface area contributed by atoms with Gasteiger partial charge in [-0.25, -0.2) is 4.39 Å². The first-order valence-electron chi connectivity index (χ1n) is 4.22. The summed E-state index contributed by atoms with van der Waals surface area (Å²) in [5, 5.41) is 2.82. The molecule has 4 heteroatoms. The van der Waals surface area contributed by atoms with Gasteiger partial charge in [-0.15, -0.1) is 11.3 Å². The van der Waals surface area contributed by atoms with Crippen LogP contribution in [0, 0.1) is 9.39 Å². The van der Waals surface area contributed by atoms with Crippen LogP contribution in [0.5, 0.6) is 5.75 Å². The summed E-state index contributed by atoms with van der Waals surface area (Å²) in [6.45, 7) is 2.35. The van der Waals surface area contributed by atoms with Gasteiger partial charge in [-0.1, -0.05) is 0 Å². The molecule has 1 heterocycles. The van der Waals surface area contributed by atoms with Crippen LogP contribution < -0.4 is 4.74 Å². The Labute approximate surface area is 99.0 Å². The summed E-state index contributed by atoms with van der Waals surface area (Å²) >= 11 is 3.59. The van der Waals surface area contributed by atoms with Gasteiger partial charge in [0.1, 0.15) is 0 Å². The molecule has 0 unspecified atom stereocenters. The van der Waals surface area contributed by atoms with Gasteiger partial charge in [0.2, 0.25) is 0 Å². The third-order valence-electron chi connectivity index (χ3n) is 1.90. The van der Waals surface area contributed by atoms with Crippen molar-refractivity contribution in [2.24, 2.45) is 0 Å². The standard InChI is InChI=1S/C10H8FIOS/c1-2-13-10-6-3-4-14-8(6)5-7(12)9(10)11/h3-5H,2H2,1H3. The molecule has 0 saturated carbocycles. The third kappa shape index (κ3) is 1.61. The van der Waals surface area contributed by atoms with Gasteiger partial charge in [0.25, 0.3) is 0 Å². The molecule has 0 aliphatic heterocycles. The topological polar surface area (TPSA) is 9.23 Å². The molecule has 0 saturated heterocycles. The largest absolute Gasteiger partial charge is 0.490 e. The Morgan fingerprint density at radius 2 is 2.36 bits per heavy atom. The molecule has 14 heavy (non-hydrogen) atoms. The van der Waals surface area contributed by atoms with E-state index in [1.165, 1.54) is 0 Å². The second-order valence-electron chi connectivity index (χ2n) is 2.77. The lowest BCUT2D eigenvalue weighted by molar-refractivity contribution is 0.325. The van der Waals surface area contributed by atoms with E-state index in [2.05, 4.69) is 0 Å². The summed E-state index contributed by atoms with van der Waals surface area (Å²) in [4.78, 5) is 0. The van der Waals surface area contributed by atoms with E-state index in [-0.39, 0.29) is 5.82 Å². The number of benzene rings is 1. The van der Waals surface area contributed by atoms with Crippen LogP contribution in [0.4, 0.5) is 4.39 Å². The number of thiophene rings is 1. The summed E-state index contributed by atoms with van der Waals surface area (Å²) in [7, 11) is 0. The molecule has 0 atom stereocenters. The van der Waals surface area contributed by atoms with Crippen molar-refractivity contribution in [3.05, 3.63) is 26.9 Å². The van der Waals surface area contributed by atoms with Crippen LogP contribution in [0.3, 0.4) is 0 Å². The monoisotopic (exact) mass is 322 g/mol. The Bertz CT molecular complexity index is 466. The second-order valence-corrected chi connectivity index (χ2v) is 4.88. The zero-order valence-corrected chi connectivity index (χ0v) is 10.5. The minimum atomic E-state index is -0.252. The van der Waals surface area contributed by atoms with Crippen molar-refractivity contribution >= 4 is 44.0 Å². The zero-order chi connectivity index (χ0) is 10.1. The normalized spacial score (nSPS) is 10.8. The smallest absolute Gasteiger partial charge is 0.179 e. The van der Waals surface area contributed by atoms with Crippen LogP contribution in [-0.4, -0.2) is 6.61 Å². The molecule has 1 nitrogen and oxygen atoms in total. The number of ether oxygens (including phenoxy) is 1. The van der Waals surface area contributed by atoms with Crippen molar-refractivity contribution in [3.63, 3.8) is 0 Å². The minimum absolute atomic E-state index is 0.252. The first-order valence-corrected chi connectivity index (χ1v) is 6.18. The van der Waals surface area contributed by atoms with Gasteiger partial charge in [-0.3, -0.25) is 0 Å². The highest BCUT2D eigenvalue weighted by Crippen LogP contribution is 2.35. The lowest BCUT2D eigenvalue weighted by atomic mass is 10.2. The number of halogens is 2. The van der Waals surface area contributed by atoms with E-state index in [0.717, 1.165) is 10.1 Å². The number of fused-ring (bicyclic) bond motifs is 1. The molecule has 0 fully saturated rings. The molecule has 74 valence electrons. The van der Waals surface area contributed by atoms with Gasteiger partial charge >= 0.3 is 0 Å². The van der Waals surface area contributed by atoms with E-state index in [1.807, 2.05) is 47.0 Å². The molecular weight excluding hydrogens is 314 g/mol. The lowest BCUT2D eigenvalue weighted by Crippen LogP contribution is -1.96. The first kappa shape index (κ1) is 10.2. The van der Waals surface area contributed by atoms with Crippen LogP contribution >= 0.6 is 33.9 Å². The molecule has 0 spiro atoms. The molecule has 0 aliphatic carbocycles. The summed E-state index contributed by atoms with van der Waals surface area (Å²) in [5.41, 5.74) is 0. The Morgan fingerprint density at radius 1 is 1.57 bits per heavy atom. The lowest BCUT2D eigenvalue weighted by Gasteiger charge is -2.07. The van der Waals surface area contributed by atoms with Gasteiger partial charge < -0.3 is 4.74 Å². The average molecular weight is 322 g/mol. The maximum absolute atomic E-state index is 13.7. The Balaban J connectivity index is 2.73. The summed E-state index contributed by atoms with van der Waals surface area (Å²) < 4.78 is 20.7. The highest BCUT2D eigenvalue weighted by Gasteiger charge is 2.13. The third-order valence-corrected chi connectivity index (χ3v) is 3.54. The zero-order valence-electron chi connectivity index (χ0n) is 7.51. The first-order chi connectivity index (χ1) is 6.74. The van der Waals surface area contributed by atoms with E-state index >= 15 is 0 Å². The van der Waals surface area contributed by atoms with Crippen molar-refractivity contribution in [1.82, 2.24) is 0 Å². The maximum atomic E-state index is 13.7. The molecular formula is C10H8FIOS. The highest BCUT2D eigenvalue weighted by atomic mass is 127. The van der Waals surface area contributed by atoms with Crippen molar-refractivity contribution in [2.45, 2.75) is 6.92 Å². The van der Waals surface area contributed by atoms with Crippen molar-refractivity contribution in [1.29, 1.82) is 0 Å². The van der Waals surface area contributed by atoms with Gasteiger partial charge in [0, 0.05) is 10.1 Å². The quantitative estimate of drug-likeness (QED) is 0.758. The van der Waals surface area contributed by atoms with Crippen molar-refractivity contribution in [3.8, 4) is 5.75 Å². The second kappa shape index (κ2) is 4.02. The molecule has 0 bridgehead atoms. The molecule has 0 radical (unpaired) electrons. The highest BCUT2D eigenvalue weighted by molar-refractivity contribution is 14.1. The van der Waals surface area contributed by atoms with Gasteiger partial charge in [-0.2, -0.15) is 0 Å². The Morgan fingerprint density at radius 3 is 3.07 bits per heavy atom. The van der Waals surface area contributed by atoms with Gasteiger partial charge in [-0.05, 0) is 47.0 Å². The van der Waals surface area contributed by atoms with Crippen LogP contribution in [0.2, 0.25) is 0 Å². The molecule has 0 N–H and O–H groups in total. The van der Waals surface area contributed by atoms with Crippen LogP contribution in [-0.2, 0) is 0 Å². The van der Waals surface area contributed by atoms with Crippen LogP contribution in [0.1, 0.15) is 6.92 Å². The molecule has 0 amide bonds. The fourth-order valence-corrected chi connectivity index (χ4v) is 2.90. The summed E-state index contributed by atoms with van der Waals surface area (Å²) in [6.07, 6.45) is 0. The fourth-order valence-electron chi connectivity index (χ4n) is 1.31. The van der Waals surface area contributed by atoms with Gasteiger partial charge in [0.15, 0.2) is 11.6 Å². The molecule has 2 aromatic rings. The molecule has 0 aliphatic rings. The van der Waals surface area contributed by atoms with E-state index < -0.39 is 0 Å². The maximum Gasteiger partial charge on any atom is 0.179 e. The van der Waals surface area contributed by atoms with Crippen molar-refractivity contribution < 1.29 is 9.13 Å². The average Bonchev–Trinajstić information content (AvgIpc) is 2.60.